The summed E-state index contributed by atoms with van der Waals surface area (Å²) in [5.74, 6) is 0.112. The van der Waals surface area contributed by atoms with Gasteiger partial charge in [-0.05, 0) is 57.5 Å². The molecule has 0 aliphatic carbocycles. The molecular formula is C19H29N3O4S. The van der Waals surface area contributed by atoms with Gasteiger partial charge < -0.3 is 15.4 Å². The first-order valence-electron chi connectivity index (χ1n) is 9.54. The van der Waals surface area contributed by atoms with Gasteiger partial charge in [0.15, 0.2) is 0 Å². The molecule has 0 radical (unpaired) electrons. The molecule has 2 aliphatic heterocycles. The Morgan fingerprint density at radius 3 is 2.59 bits per heavy atom. The molecule has 2 heterocycles. The smallest absolute Gasteiger partial charge is 0.251 e. The van der Waals surface area contributed by atoms with Gasteiger partial charge in [0.1, 0.15) is 0 Å². The molecule has 8 heteroatoms. The van der Waals surface area contributed by atoms with Crippen molar-refractivity contribution in [3.05, 3.63) is 29.8 Å². The van der Waals surface area contributed by atoms with E-state index in [4.69, 9.17) is 4.74 Å². The number of piperidine rings is 1. The van der Waals surface area contributed by atoms with E-state index in [1.165, 1.54) is 10.4 Å². The highest BCUT2D eigenvalue weighted by atomic mass is 32.2. The first-order valence-corrected chi connectivity index (χ1v) is 11.0. The summed E-state index contributed by atoms with van der Waals surface area (Å²) in [5, 5.41) is 6.35. The maximum absolute atomic E-state index is 13.0. The van der Waals surface area contributed by atoms with E-state index in [-0.39, 0.29) is 29.1 Å². The number of carbonyl (C=O) groups excluding carboxylic acids is 1. The molecule has 0 saturated carbocycles. The third-order valence-electron chi connectivity index (χ3n) is 5.22. The van der Waals surface area contributed by atoms with Gasteiger partial charge in [0.25, 0.3) is 5.91 Å². The molecule has 0 spiro atoms. The lowest BCUT2D eigenvalue weighted by Crippen LogP contribution is -2.48. The van der Waals surface area contributed by atoms with Crippen LogP contribution in [-0.2, 0) is 14.8 Å². The van der Waals surface area contributed by atoms with Crippen LogP contribution in [0.25, 0.3) is 0 Å². The van der Waals surface area contributed by atoms with Gasteiger partial charge in [0.2, 0.25) is 10.0 Å². The Morgan fingerprint density at radius 2 is 1.93 bits per heavy atom. The van der Waals surface area contributed by atoms with Crippen molar-refractivity contribution in [1.29, 1.82) is 0 Å². The van der Waals surface area contributed by atoms with Crippen molar-refractivity contribution in [1.82, 2.24) is 14.9 Å². The lowest BCUT2D eigenvalue weighted by atomic mass is 9.95. The topological polar surface area (TPSA) is 87.7 Å². The van der Waals surface area contributed by atoms with Crippen LogP contribution >= 0.6 is 0 Å². The lowest BCUT2D eigenvalue weighted by Gasteiger charge is -2.34. The number of hydrogen-bond donors (Lipinski definition) is 2. The molecule has 4 unspecified atom stereocenters. The first-order chi connectivity index (χ1) is 12.8. The number of amides is 1. The van der Waals surface area contributed by atoms with Crippen molar-refractivity contribution in [2.45, 2.75) is 50.3 Å². The molecule has 7 nitrogen and oxygen atoms in total. The van der Waals surface area contributed by atoms with Gasteiger partial charge in [-0.2, -0.15) is 4.31 Å². The zero-order valence-corrected chi connectivity index (χ0v) is 17.0. The van der Waals surface area contributed by atoms with Crippen molar-refractivity contribution < 1.29 is 17.9 Å². The number of nitrogens with zero attached hydrogens (tertiary/aromatic N) is 1. The summed E-state index contributed by atoms with van der Waals surface area (Å²) in [4.78, 5) is 12.8. The minimum atomic E-state index is -3.66. The summed E-state index contributed by atoms with van der Waals surface area (Å²) in [7, 11) is -3.66. The molecule has 4 atom stereocenters. The molecule has 27 heavy (non-hydrogen) atoms. The molecule has 3 rings (SSSR count). The monoisotopic (exact) mass is 395 g/mol. The fourth-order valence-electron chi connectivity index (χ4n) is 3.75. The number of benzene rings is 1. The first kappa shape index (κ1) is 20.3. The van der Waals surface area contributed by atoms with Gasteiger partial charge in [0.05, 0.1) is 17.1 Å². The second-order valence-electron chi connectivity index (χ2n) is 7.66. The predicted octanol–water partition coefficient (Wildman–Crippen LogP) is 1.21. The largest absolute Gasteiger partial charge is 0.373 e. The van der Waals surface area contributed by atoms with Gasteiger partial charge in [0, 0.05) is 24.7 Å². The summed E-state index contributed by atoms with van der Waals surface area (Å²) in [5.41, 5.74) is 0.371. The highest BCUT2D eigenvalue weighted by molar-refractivity contribution is 7.89. The lowest BCUT2D eigenvalue weighted by molar-refractivity contribution is -0.0440. The molecule has 1 amide bonds. The number of morpholine rings is 1. The molecule has 1 aromatic rings. The van der Waals surface area contributed by atoms with Crippen LogP contribution in [0.3, 0.4) is 0 Å². The van der Waals surface area contributed by atoms with E-state index >= 15 is 0 Å². The zero-order chi connectivity index (χ0) is 19.6. The van der Waals surface area contributed by atoms with Gasteiger partial charge in [-0.3, -0.25) is 4.79 Å². The third-order valence-corrected chi connectivity index (χ3v) is 7.05. The van der Waals surface area contributed by atoms with E-state index in [2.05, 4.69) is 17.6 Å². The Morgan fingerprint density at radius 1 is 1.22 bits per heavy atom. The summed E-state index contributed by atoms with van der Waals surface area (Å²) < 4.78 is 33.1. The summed E-state index contributed by atoms with van der Waals surface area (Å²) in [6, 6.07) is 6.40. The third kappa shape index (κ3) is 4.68. The van der Waals surface area contributed by atoms with E-state index in [0.717, 1.165) is 19.5 Å². The molecule has 0 bridgehead atoms. The standard InChI is InChI=1S/C19H29N3O4S/c1-13-10-20-8-7-18(13)21-19(23)16-5-4-6-17(9-16)27(24,25)22-11-14(2)26-15(3)12-22/h4-6,9,13-15,18,20H,7-8,10-12H2,1-3H3,(H,21,23). The zero-order valence-electron chi connectivity index (χ0n) is 16.1. The molecule has 2 aliphatic rings. The SMILES string of the molecule is CC1CN(S(=O)(=O)c2cccc(C(=O)NC3CCNCC3C)c2)CC(C)O1. The highest BCUT2D eigenvalue weighted by Crippen LogP contribution is 2.22. The Bertz CT molecular complexity index is 773. The normalized spacial score (nSPS) is 30.0. The molecule has 1 aromatic carbocycles. The van der Waals surface area contributed by atoms with Crippen LogP contribution in [0.4, 0.5) is 0 Å². The highest BCUT2D eigenvalue weighted by Gasteiger charge is 2.32. The van der Waals surface area contributed by atoms with Crippen LogP contribution in [-0.4, -0.2) is 63.1 Å². The van der Waals surface area contributed by atoms with Gasteiger partial charge in [-0.25, -0.2) is 8.42 Å². The van der Waals surface area contributed by atoms with E-state index in [1.807, 2.05) is 13.8 Å². The van der Waals surface area contributed by atoms with E-state index < -0.39 is 10.0 Å². The van der Waals surface area contributed by atoms with E-state index in [1.54, 1.807) is 18.2 Å². The van der Waals surface area contributed by atoms with Gasteiger partial charge >= 0.3 is 0 Å². The molecular weight excluding hydrogens is 366 g/mol. The summed E-state index contributed by atoms with van der Waals surface area (Å²) >= 11 is 0. The van der Waals surface area contributed by atoms with Crippen molar-refractivity contribution in [3.63, 3.8) is 0 Å². The molecule has 0 aromatic heterocycles. The number of rotatable bonds is 4. The summed E-state index contributed by atoms with van der Waals surface area (Å²) in [6.07, 6.45) is 0.557. The molecule has 2 fully saturated rings. The van der Waals surface area contributed by atoms with E-state index in [0.29, 0.717) is 24.6 Å². The molecule has 2 N–H and O–H groups in total. The Balaban J connectivity index is 1.77. The van der Waals surface area contributed by atoms with Crippen molar-refractivity contribution in [2.24, 2.45) is 5.92 Å². The fourth-order valence-corrected chi connectivity index (χ4v) is 5.39. The number of ether oxygens (including phenoxy) is 1. The second-order valence-corrected chi connectivity index (χ2v) is 9.60. The maximum Gasteiger partial charge on any atom is 0.251 e. The Labute approximate surface area is 161 Å². The number of carbonyl (C=O) groups is 1. The van der Waals surface area contributed by atoms with Crippen LogP contribution in [0.15, 0.2) is 29.2 Å². The number of hydrogen-bond acceptors (Lipinski definition) is 5. The van der Waals surface area contributed by atoms with Crippen LogP contribution in [0.1, 0.15) is 37.6 Å². The van der Waals surface area contributed by atoms with Crippen molar-refractivity contribution in [3.8, 4) is 0 Å². The van der Waals surface area contributed by atoms with Crippen LogP contribution in [0.2, 0.25) is 0 Å². The number of nitrogens with one attached hydrogen (secondary N) is 2. The predicted molar refractivity (Wildman–Crippen MR) is 103 cm³/mol. The van der Waals surface area contributed by atoms with Crippen LogP contribution < -0.4 is 10.6 Å². The second kappa shape index (κ2) is 8.26. The van der Waals surface area contributed by atoms with Crippen LogP contribution in [0.5, 0.6) is 0 Å². The molecule has 150 valence electrons. The summed E-state index contributed by atoms with van der Waals surface area (Å²) in [6.45, 7) is 8.19. The Kier molecular flexibility index (Phi) is 6.20. The fraction of sp³-hybridized carbons (Fsp3) is 0.632. The maximum atomic E-state index is 13.0. The quantitative estimate of drug-likeness (QED) is 0.800. The minimum absolute atomic E-state index is 0.0972. The number of sulfonamides is 1. The van der Waals surface area contributed by atoms with E-state index in [9.17, 15) is 13.2 Å². The average molecular weight is 396 g/mol. The molecule has 2 saturated heterocycles. The average Bonchev–Trinajstić information content (AvgIpc) is 2.63. The van der Waals surface area contributed by atoms with Gasteiger partial charge in [-0.1, -0.05) is 13.0 Å². The Hall–Kier alpha value is -1.48. The van der Waals surface area contributed by atoms with Crippen molar-refractivity contribution >= 4 is 15.9 Å². The van der Waals surface area contributed by atoms with Crippen LogP contribution in [0, 0.1) is 5.92 Å². The minimum Gasteiger partial charge on any atom is -0.373 e. The van der Waals surface area contributed by atoms with Crippen molar-refractivity contribution in [2.75, 3.05) is 26.2 Å². The van der Waals surface area contributed by atoms with Gasteiger partial charge in [-0.15, -0.1) is 0 Å².